The highest BCUT2D eigenvalue weighted by molar-refractivity contribution is 5.89. The van der Waals surface area contributed by atoms with Crippen LogP contribution in [0.3, 0.4) is 0 Å². The van der Waals surface area contributed by atoms with Crippen LogP contribution in [-0.2, 0) is 6.54 Å². The average Bonchev–Trinajstić information content (AvgIpc) is 2.47. The molecule has 4 nitrogen and oxygen atoms in total. The summed E-state index contributed by atoms with van der Waals surface area (Å²) in [5.41, 5.74) is 1.88. The van der Waals surface area contributed by atoms with Crippen LogP contribution in [0.15, 0.2) is 54.9 Å². The summed E-state index contributed by atoms with van der Waals surface area (Å²) < 4.78 is 0. The molecule has 1 heterocycles. The minimum absolute atomic E-state index is 0.0921. The fraction of sp³-hybridized carbons (Fsp3) is 0.200. The number of nitrogens with one attached hydrogen (secondary N) is 1. The number of amides is 2. The van der Waals surface area contributed by atoms with Crippen molar-refractivity contribution in [2.45, 2.75) is 13.5 Å². The van der Waals surface area contributed by atoms with Gasteiger partial charge in [-0.15, -0.1) is 0 Å². The normalized spacial score (nSPS) is 9.95. The molecule has 2 aromatic rings. The lowest BCUT2D eigenvalue weighted by molar-refractivity contribution is 0.212. The predicted molar refractivity (Wildman–Crippen MR) is 75.8 cm³/mol. The number of para-hydroxylation sites is 1. The Bertz CT molecular complexity index is 513. The van der Waals surface area contributed by atoms with Crippen LogP contribution >= 0.6 is 0 Å². The molecule has 0 aliphatic carbocycles. The Kier molecular flexibility index (Phi) is 4.50. The van der Waals surface area contributed by atoms with Gasteiger partial charge >= 0.3 is 6.03 Å². The number of anilines is 1. The number of benzene rings is 1. The van der Waals surface area contributed by atoms with Crippen molar-refractivity contribution in [3.63, 3.8) is 0 Å². The van der Waals surface area contributed by atoms with E-state index >= 15 is 0 Å². The van der Waals surface area contributed by atoms with Gasteiger partial charge in [-0.25, -0.2) is 4.79 Å². The van der Waals surface area contributed by atoms with Crippen LogP contribution in [0.2, 0.25) is 0 Å². The molecule has 0 saturated heterocycles. The molecule has 0 atom stereocenters. The number of aromatic nitrogens is 1. The van der Waals surface area contributed by atoms with E-state index in [1.54, 1.807) is 17.3 Å². The summed E-state index contributed by atoms with van der Waals surface area (Å²) in [4.78, 5) is 17.9. The summed E-state index contributed by atoms with van der Waals surface area (Å²) in [5.74, 6) is 0. The van der Waals surface area contributed by atoms with Gasteiger partial charge < -0.3 is 10.2 Å². The first-order valence-electron chi connectivity index (χ1n) is 6.29. The Morgan fingerprint density at radius 1 is 1.16 bits per heavy atom. The minimum atomic E-state index is -0.0921. The van der Waals surface area contributed by atoms with Crippen LogP contribution in [0.4, 0.5) is 10.5 Å². The molecule has 0 saturated carbocycles. The van der Waals surface area contributed by atoms with Crippen molar-refractivity contribution in [2.24, 2.45) is 0 Å². The van der Waals surface area contributed by atoms with Crippen LogP contribution in [0.25, 0.3) is 0 Å². The summed E-state index contributed by atoms with van der Waals surface area (Å²) >= 11 is 0. The van der Waals surface area contributed by atoms with Crippen molar-refractivity contribution < 1.29 is 4.79 Å². The maximum atomic E-state index is 12.1. The third kappa shape index (κ3) is 3.81. The average molecular weight is 255 g/mol. The minimum Gasteiger partial charge on any atom is -0.320 e. The smallest absolute Gasteiger partial charge is 0.320 e. The maximum absolute atomic E-state index is 12.1. The monoisotopic (exact) mass is 255 g/mol. The first kappa shape index (κ1) is 13.1. The number of hydrogen-bond acceptors (Lipinski definition) is 2. The lowest BCUT2D eigenvalue weighted by Crippen LogP contribution is -2.34. The molecule has 98 valence electrons. The van der Waals surface area contributed by atoms with Crippen LogP contribution in [0, 0.1) is 0 Å². The number of carbonyl (C=O) groups is 1. The van der Waals surface area contributed by atoms with Gasteiger partial charge in [0, 0.05) is 31.2 Å². The Morgan fingerprint density at radius 3 is 2.47 bits per heavy atom. The molecule has 1 aromatic heterocycles. The lowest BCUT2D eigenvalue weighted by Gasteiger charge is -2.21. The molecule has 0 aliphatic rings. The highest BCUT2D eigenvalue weighted by Gasteiger charge is 2.11. The molecule has 0 unspecified atom stereocenters. The van der Waals surface area contributed by atoms with Crippen molar-refractivity contribution in [3.8, 4) is 0 Å². The Labute approximate surface area is 113 Å². The third-order valence-corrected chi connectivity index (χ3v) is 2.82. The van der Waals surface area contributed by atoms with Gasteiger partial charge in [-0.1, -0.05) is 18.2 Å². The second kappa shape index (κ2) is 6.54. The van der Waals surface area contributed by atoms with Crippen LogP contribution in [0.1, 0.15) is 12.5 Å². The Balaban J connectivity index is 2.00. The first-order valence-corrected chi connectivity index (χ1v) is 6.29. The Hall–Kier alpha value is -2.36. The van der Waals surface area contributed by atoms with Gasteiger partial charge in [0.05, 0.1) is 0 Å². The van der Waals surface area contributed by atoms with Crippen molar-refractivity contribution in [2.75, 3.05) is 11.9 Å². The molecule has 4 heteroatoms. The highest BCUT2D eigenvalue weighted by Crippen LogP contribution is 2.09. The highest BCUT2D eigenvalue weighted by atomic mass is 16.2. The van der Waals surface area contributed by atoms with Gasteiger partial charge in [0.2, 0.25) is 0 Å². The summed E-state index contributed by atoms with van der Waals surface area (Å²) in [6, 6.07) is 13.2. The van der Waals surface area contributed by atoms with E-state index in [4.69, 9.17) is 0 Å². The zero-order chi connectivity index (χ0) is 13.5. The van der Waals surface area contributed by atoms with E-state index in [1.165, 1.54) is 0 Å². The summed E-state index contributed by atoms with van der Waals surface area (Å²) in [6.45, 7) is 3.20. The fourth-order valence-electron chi connectivity index (χ4n) is 1.76. The van der Waals surface area contributed by atoms with Gasteiger partial charge in [0.15, 0.2) is 0 Å². The van der Waals surface area contributed by atoms with Gasteiger partial charge in [-0.3, -0.25) is 4.98 Å². The summed E-state index contributed by atoms with van der Waals surface area (Å²) in [6.07, 6.45) is 3.47. The van der Waals surface area contributed by atoms with Crippen molar-refractivity contribution in [1.29, 1.82) is 0 Å². The van der Waals surface area contributed by atoms with Gasteiger partial charge in [-0.05, 0) is 36.8 Å². The molecule has 0 bridgehead atoms. The van der Waals surface area contributed by atoms with E-state index in [9.17, 15) is 4.79 Å². The standard InChI is InChI=1S/C15H17N3O/c1-2-18(12-13-8-10-16-11-9-13)15(19)17-14-6-4-3-5-7-14/h3-11H,2,12H2,1H3,(H,17,19). The fourth-order valence-corrected chi connectivity index (χ4v) is 1.76. The number of nitrogens with zero attached hydrogens (tertiary/aromatic N) is 2. The first-order chi connectivity index (χ1) is 9.29. The second-order valence-corrected chi connectivity index (χ2v) is 4.17. The van der Waals surface area contributed by atoms with Crippen LogP contribution in [-0.4, -0.2) is 22.5 Å². The third-order valence-electron chi connectivity index (χ3n) is 2.82. The Morgan fingerprint density at radius 2 is 1.84 bits per heavy atom. The van der Waals surface area contributed by atoms with E-state index in [2.05, 4.69) is 10.3 Å². The number of rotatable bonds is 4. The molecular formula is C15H17N3O. The number of carbonyl (C=O) groups excluding carboxylic acids is 1. The van der Waals surface area contributed by atoms with E-state index < -0.39 is 0 Å². The van der Waals surface area contributed by atoms with Crippen LogP contribution < -0.4 is 5.32 Å². The van der Waals surface area contributed by atoms with Crippen molar-refractivity contribution >= 4 is 11.7 Å². The van der Waals surface area contributed by atoms with E-state index in [0.717, 1.165) is 11.3 Å². The molecule has 1 N–H and O–H groups in total. The molecule has 2 rings (SSSR count). The molecule has 0 spiro atoms. The van der Waals surface area contributed by atoms with E-state index in [1.807, 2.05) is 49.4 Å². The number of hydrogen-bond donors (Lipinski definition) is 1. The topological polar surface area (TPSA) is 45.2 Å². The zero-order valence-corrected chi connectivity index (χ0v) is 10.9. The molecule has 19 heavy (non-hydrogen) atoms. The van der Waals surface area contributed by atoms with Crippen molar-refractivity contribution in [3.05, 3.63) is 60.4 Å². The lowest BCUT2D eigenvalue weighted by atomic mass is 10.2. The largest absolute Gasteiger partial charge is 0.322 e. The van der Waals surface area contributed by atoms with E-state index in [-0.39, 0.29) is 6.03 Å². The number of urea groups is 1. The molecule has 1 aromatic carbocycles. The predicted octanol–water partition coefficient (Wildman–Crippen LogP) is 3.14. The molecule has 0 aliphatic heterocycles. The molecule has 0 fully saturated rings. The maximum Gasteiger partial charge on any atom is 0.322 e. The van der Waals surface area contributed by atoms with Gasteiger partial charge in [0.25, 0.3) is 0 Å². The number of pyridine rings is 1. The van der Waals surface area contributed by atoms with Gasteiger partial charge in [0.1, 0.15) is 0 Å². The van der Waals surface area contributed by atoms with E-state index in [0.29, 0.717) is 13.1 Å². The molecular weight excluding hydrogens is 238 g/mol. The van der Waals surface area contributed by atoms with Crippen LogP contribution in [0.5, 0.6) is 0 Å². The molecule has 2 amide bonds. The molecule has 0 radical (unpaired) electrons. The second-order valence-electron chi connectivity index (χ2n) is 4.17. The SMILES string of the molecule is CCN(Cc1ccncc1)C(=O)Nc1ccccc1. The van der Waals surface area contributed by atoms with Gasteiger partial charge in [-0.2, -0.15) is 0 Å². The summed E-state index contributed by atoms with van der Waals surface area (Å²) in [5, 5.41) is 2.88. The summed E-state index contributed by atoms with van der Waals surface area (Å²) in [7, 11) is 0. The zero-order valence-electron chi connectivity index (χ0n) is 10.9. The van der Waals surface area contributed by atoms with Crippen molar-refractivity contribution in [1.82, 2.24) is 9.88 Å². The quantitative estimate of drug-likeness (QED) is 0.912.